The molecule has 0 fully saturated rings. The van der Waals surface area contributed by atoms with Crippen molar-refractivity contribution < 1.29 is 0 Å². The first kappa shape index (κ1) is 28.1. The second kappa shape index (κ2) is 10.5. The lowest BCUT2D eigenvalue weighted by Crippen LogP contribution is -2.15. The Labute approximate surface area is 286 Å². The van der Waals surface area contributed by atoms with Crippen LogP contribution in [0.5, 0.6) is 0 Å². The van der Waals surface area contributed by atoms with Gasteiger partial charge in [-0.2, -0.15) is 0 Å². The van der Waals surface area contributed by atoms with Crippen LogP contribution in [-0.4, -0.2) is 0 Å². The second-order valence-electron chi connectivity index (χ2n) is 14.1. The van der Waals surface area contributed by atoms with E-state index in [9.17, 15) is 0 Å². The molecule has 0 heterocycles. The molecule has 0 unspecified atom stereocenters. The lowest BCUT2D eigenvalue weighted by molar-refractivity contribution is 0.667. The van der Waals surface area contributed by atoms with E-state index in [-0.39, 0.29) is 5.41 Å². The predicted molar refractivity (Wildman–Crippen MR) is 210 cm³/mol. The Morgan fingerprint density at radius 3 is 1.67 bits per heavy atom. The van der Waals surface area contributed by atoms with Gasteiger partial charge in [-0.1, -0.05) is 153 Å². The van der Waals surface area contributed by atoms with Crippen LogP contribution in [0.15, 0.2) is 170 Å². The Morgan fingerprint density at radius 1 is 0.327 bits per heavy atom. The van der Waals surface area contributed by atoms with Gasteiger partial charge in [0.15, 0.2) is 0 Å². The third-order valence-electron chi connectivity index (χ3n) is 11.0. The molecule has 9 aromatic carbocycles. The molecule has 0 saturated carbocycles. The monoisotopic (exact) mass is 622 g/mol. The van der Waals surface area contributed by atoms with Gasteiger partial charge in [0, 0.05) is 5.41 Å². The molecule has 0 saturated heterocycles. The van der Waals surface area contributed by atoms with Crippen molar-refractivity contribution in [1.82, 2.24) is 0 Å². The van der Waals surface area contributed by atoms with Crippen molar-refractivity contribution in [3.63, 3.8) is 0 Å². The summed E-state index contributed by atoms with van der Waals surface area (Å²) in [7, 11) is 0. The van der Waals surface area contributed by atoms with E-state index < -0.39 is 0 Å². The summed E-state index contributed by atoms with van der Waals surface area (Å²) in [5, 5.41) is 10.3. The predicted octanol–water partition coefficient (Wildman–Crippen LogP) is 13.6. The van der Waals surface area contributed by atoms with E-state index in [0.29, 0.717) is 0 Å². The van der Waals surface area contributed by atoms with Gasteiger partial charge >= 0.3 is 0 Å². The van der Waals surface area contributed by atoms with E-state index in [1.807, 2.05) is 0 Å². The van der Waals surface area contributed by atoms with Crippen molar-refractivity contribution in [1.29, 1.82) is 0 Å². The zero-order valence-electron chi connectivity index (χ0n) is 27.7. The van der Waals surface area contributed by atoms with Gasteiger partial charge in [0.25, 0.3) is 0 Å². The molecule has 49 heavy (non-hydrogen) atoms. The average molecular weight is 623 g/mol. The zero-order chi connectivity index (χ0) is 32.7. The lowest BCUT2D eigenvalue weighted by atomic mass is 9.78. The molecular formula is C49H34. The topological polar surface area (TPSA) is 0 Å². The molecule has 0 spiro atoms. The van der Waals surface area contributed by atoms with Crippen LogP contribution in [0, 0.1) is 0 Å². The highest BCUT2D eigenvalue weighted by atomic mass is 14.4. The largest absolute Gasteiger partial charge is 0.0622 e. The van der Waals surface area contributed by atoms with Crippen molar-refractivity contribution in [2.45, 2.75) is 19.3 Å². The van der Waals surface area contributed by atoms with Gasteiger partial charge in [-0.3, -0.25) is 0 Å². The van der Waals surface area contributed by atoms with E-state index in [0.717, 1.165) is 0 Å². The Balaban J connectivity index is 1.21. The second-order valence-corrected chi connectivity index (χ2v) is 14.1. The first-order valence-corrected chi connectivity index (χ1v) is 17.3. The number of rotatable bonds is 3. The Kier molecular flexibility index (Phi) is 6.02. The number of benzene rings is 9. The normalized spacial score (nSPS) is 13.3. The molecule has 0 aromatic heterocycles. The molecule has 0 atom stereocenters. The molecule has 0 heteroatoms. The first-order valence-electron chi connectivity index (χ1n) is 17.3. The van der Waals surface area contributed by atoms with Gasteiger partial charge in [-0.05, 0) is 129 Å². The summed E-state index contributed by atoms with van der Waals surface area (Å²) >= 11 is 0. The molecule has 0 bridgehead atoms. The highest BCUT2D eigenvalue weighted by molar-refractivity contribution is 6.14. The summed E-state index contributed by atoms with van der Waals surface area (Å²) in [5.41, 5.74) is 13.0. The molecule has 0 nitrogen and oxygen atoms in total. The number of fused-ring (bicyclic) bond motifs is 9. The summed E-state index contributed by atoms with van der Waals surface area (Å²) in [5.74, 6) is 0. The molecule has 0 aliphatic heterocycles. The smallest absolute Gasteiger partial charge is 0.0165 e. The molecule has 0 radical (unpaired) electrons. The van der Waals surface area contributed by atoms with Gasteiger partial charge in [-0.15, -0.1) is 0 Å². The molecule has 9 aromatic rings. The van der Waals surface area contributed by atoms with Gasteiger partial charge in [0.1, 0.15) is 0 Å². The highest BCUT2D eigenvalue weighted by Crippen LogP contribution is 2.55. The van der Waals surface area contributed by atoms with Crippen LogP contribution in [-0.2, 0) is 5.41 Å². The highest BCUT2D eigenvalue weighted by Gasteiger charge is 2.38. The molecule has 230 valence electrons. The zero-order valence-corrected chi connectivity index (χ0v) is 27.7. The average Bonchev–Trinajstić information content (AvgIpc) is 3.40. The maximum atomic E-state index is 2.52. The summed E-state index contributed by atoms with van der Waals surface area (Å²) in [4.78, 5) is 0. The van der Waals surface area contributed by atoms with Crippen LogP contribution in [0.2, 0.25) is 0 Å². The third-order valence-corrected chi connectivity index (χ3v) is 11.0. The van der Waals surface area contributed by atoms with Crippen LogP contribution in [0.1, 0.15) is 25.0 Å². The summed E-state index contributed by atoms with van der Waals surface area (Å²) in [6, 6.07) is 63.1. The van der Waals surface area contributed by atoms with Gasteiger partial charge in [0.2, 0.25) is 0 Å². The Morgan fingerprint density at radius 2 is 0.898 bits per heavy atom. The molecule has 10 rings (SSSR count). The Bertz CT molecular complexity index is 2780. The Hall–Kier alpha value is -5.98. The standard InChI is InChI=1S/C49H34/c1-49(2)46-30-45(41-18-10-11-19-42(41)47(46)43-25-24-33-14-6-9-17-40(33)48(43)49)44-29-38(28-36-15-7-8-16-39(36)44)35-23-21-32-20-22-34(26-37(32)27-35)31-12-4-3-5-13-31/h3-30H,1-2H3. The fourth-order valence-corrected chi connectivity index (χ4v) is 8.61. The van der Waals surface area contributed by atoms with Crippen molar-refractivity contribution in [2.24, 2.45) is 0 Å². The lowest BCUT2D eigenvalue weighted by Gasteiger charge is -2.24. The van der Waals surface area contributed by atoms with Crippen LogP contribution >= 0.6 is 0 Å². The van der Waals surface area contributed by atoms with Crippen LogP contribution in [0.25, 0.3) is 87.6 Å². The van der Waals surface area contributed by atoms with Crippen molar-refractivity contribution in [2.75, 3.05) is 0 Å². The van der Waals surface area contributed by atoms with Crippen LogP contribution in [0.4, 0.5) is 0 Å². The summed E-state index contributed by atoms with van der Waals surface area (Å²) < 4.78 is 0. The summed E-state index contributed by atoms with van der Waals surface area (Å²) in [6.07, 6.45) is 0. The fourth-order valence-electron chi connectivity index (χ4n) is 8.61. The fraction of sp³-hybridized carbons (Fsp3) is 0.0612. The number of hydrogen-bond donors (Lipinski definition) is 0. The van der Waals surface area contributed by atoms with E-state index in [4.69, 9.17) is 0 Å². The van der Waals surface area contributed by atoms with E-state index in [1.54, 1.807) is 0 Å². The van der Waals surface area contributed by atoms with Gasteiger partial charge in [0.05, 0.1) is 0 Å². The van der Waals surface area contributed by atoms with E-state index in [2.05, 4.69) is 184 Å². The molecular weight excluding hydrogens is 589 g/mol. The van der Waals surface area contributed by atoms with Crippen LogP contribution < -0.4 is 0 Å². The summed E-state index contributed by atoms with van der Waals surface area (Å²) in [6.45, 7) is 4.83. The van der Waals surface area contributed by atoms with Crippen molar-refractivity contribution in [3.8, 4) is 44.5 Å². The maximum Gasteiger partial charge on any atom is 0.0165 e. The maximum absolute atomic E-state index is 2.52. The van der Waals surface area contributed by atoms with Gasteiger partial charge in [-0.25, -0.2) is 0 Å². The molecule has 1 aliphatic rings. The van der Waals surface area contributed by atoms with E-state index in [1.165, 1.54) is 98.7 Å². The third kappa shape index (κ3) is 4.24. The minimum absolute atomic E-state index is 0.146. The quantitative estimate of drug-likeness (QED) is 0.184. The number of hydrogen-bond acceptors (Lipinski definition) is 0. The van der Waals surface area contributed by atoms with Crippen molar-refractivity contribution in [3.05, 3.63) is 181 Å². The van der Waals surface area contributed by atoms with E-state index >= 15 is 0 Å². The molecule has 0 N–H and O–H groups in total. The first-order chi connectivity index (χ1) is 24.0. The minimum atomic E-state index is -0.146. The van der Waals surface area contributed by atoms with Crippen molar-refractivity contribution >= 4 is 43.1 Å². The molecule has 0 amide bonds. The SMILES string of the molecule is CC1(C)c2cc(-c3cc(-c4ccc5ccc(-c6ccccc6)cc5c4)cc4ccccc34)c3ccccc3c2-c2ccc3ccccc3c21. The van der Waals surface area contributed by atoms with Gasteiger partial charge < -0.3 is 0 Å². The van der Waals surface area contributed by atoms with Crippen LogP contribution in [0.3, 0.4) is 0 Å². The molecule has 1 aliphatic carbocycles. The minimum Gasteiger partial charge on any atom is -0.0622 e.